The van der Waals surface area contributed by atoms with Crippen LogP contribution in [0.1, 0.15) is 46.0 Å². The Labute approximate surface area is 153 Å². The molecule has 2 aliphatic carbocycles. The minimum Gasteiger partial charge on any atom is -0.511 e. The van der Waals surface area contributed by atoms with Gasteiger partial charge in [0.1, 0.15) is 11.3 Å². The Morgan fingerprint density at radius 2 is 1.92 bits per heavy atom. The van der Waals surface area contributed by atoms with Crippen LogP contribution in [0.25, 0.3) is 0 Å². The van der Waals surface area contributed by atoms with Crippen LogP contribution in [0, 0.1) is 29.6 Å². The van der Waals surface area contributed by atoms with Crippen LogP contribution in [-0.2, 0) is 14.4 Å². The first kappa shape index (κ1) is 18.7. The van der Waals surface area contributed by atoms with Gasteiger partial charge in [-0.2, -0.15) is 0 Å². The molecule has 0 unspecified atom stereocenters. The number of carboxylic acid groups (broad SMARTS) is 1. The van der Waals surface area contributed by atoms with Crippen LogP contribution in [0.4, 0.5) is 0 Å². The van der Waals surface area contributed by atoms with E-state index in [0.29, 0.717) is 0 Å². The van der Waals surface area contributed by atoms with Gasteiger partial charge in [-0.25, -0.2) is 0 Å². The summed E-state index contributed by atoms with van der Waals surface area (Å²) in [5, 5.41) is 23.2. The molecule has 1 saturated carbocycles. The van der Waals surface area contributed by atoms with Crippen LogP contribution < -0.4 is 5.32 Å². The van der Waals surface area contributed by atoms with Crippen molar-refractivity contribution in [3.63, 3.8) is 0 Å². The Morgan fingerprint density at radius 1 is 1.23 bits per heavy atom. The van der Waals surface area contributed by atoms with Gasteiger partial charge in [-0.3, -0.25) is 14.4 Å². The smallest absolute Gasteiger partial charge is 0.311 e. The Hall–Kier alpha value is -2.11. The van der Waals surface area contributed by atoms with Gasteiger partial charge in [0.05, 0.1) is 12.0 Å². The highest BCUT2D eigenvalue weighted by atomic mass is 16.4. The lowest BCUT2D eigenvalue weighted by atomic mass is 9.63. The largest absolute Gasteiger partial charge is 0.511 e. The Morgan fingerprint density at radius 3 is 2.58 bits per heavy atom. The van der Waals surface area contributed by atoms with Gasteiger partial charge in [-0.15, -0.1) is 0 Å². The highest BCUT2D eigenvalue weighted by Crippen LogP contribution is 2.46. The van der Waals surface area contributed by atoms with Crippen LogP contribution in [0.3, 0.4) is 0 Å². The van der Waals surface area contributed by atoms with Crippen molar-refractivity contribution in [2.45, 2.75) is 52.0 Å². The molecule has 6 heteroatoms. The van der Waals surface area contributed by atoms with Gasteiger partial charge in [0.25, 0.3) is 5.91 Å². The topological polar surface area (TPSA) is 104 Å². The molecule has 26 heavy (non-hydrogen) atoms. The van der Waals surface area contributed by atoms with Crippen molar-refractivity contribution >= 4 is 17.7 Å². The molecule has 1 aliphatic heterocycles. The zero-order valence-electron chi connectivity index (χ0n) is 15.3. The van der Waals surface area contributed by atoms with Crippen LogP contribution in [-0.4, -0.2) is 33.9 Å². The third-order valence-corrected chi connectivity index (χ3v) is 6.40. The molecule has 1 amide bonds. The first-order valence-electron chi connectivity index (χ1n) is 9.56. The van der Waals surface area contributed by atoms with E-state index in [1.165, 1.54) is 0 Å². The first-order valence-corrected chi connectivity index (χ1v) is 9.56. The average Bonchev–Trinajstić information content (AvgIpc) is 2.93. The summed E-state index contributed by atoms with van der Waals surface area (Å²) in [6, 6.07) is -0.644. The number of aliphatic hydroxyl groups is 1. The molecule has 0 aromatic heterocycles. The van der Waals surface area contributed by atoms with E-state index < -0.39 is 35.5 Å². The van der Waals surface area contributed by atoms with Gasteiger partial charge in [0, 0.05) is 5.92 Å². The number of rotatable bonds is 4. The fourth-order valence-corrected chi connectivity index (χ4v) is 4.72. The van der Waals surface area contributed by atoms with E-state index in [0.717, 1.165) is 32.1 Å². The quantitative estimate of drug-likeness (QED) is 0.309. The van der Waals surface area contributed by atoms with E-state index in [9.17, 15) is 24.6 Å². The molecule has 3 aliphatic rings. The van der Waals surface area contributed by atoms with Gasteiger partial charge < -0.3 is 15.5 Å². The molecule has 2 fully saturated rings. The average molecular weight is 361 g/mol. The number of nitrogens with one attached hydrogen (secondary N) is 1. The number of aliphatic hydroxyl groups excluding tert-OH is 1. The Balaban J connectivity index is 2.02. The maximum Gasteiger partial charge on any atom is 0.311 e. The Bertz CT molecular complexity index is 680. The van der Waals surface area contributed by atoms with Crippen molar-refractivity contribution in [3.8, 4) is 0 Å². The number of carbonyl (C=O) groups excluding carboxylic acids is 2. The van der Waals surface area contributed by atoms with E-state index in [4.69, 9.17) is 0 Å². The number of Topliss-reactive ketones (excluding diaryl/α,β-unsaturated/α-hetero) is 1. The number of allylic oxidation sites excluding steroid dienone is 2. The van der Waals surface area contributed by atoms with E-state index in [1.807, 2.05) is 19.9 Å². The van der Waals surface area contributed by atoms with Crippen molar-refractivity contribution in [1.29, 1.82) is 0 Å². The van der Waals surface area contributed by atoms with E-state index in [-0.39, 0.29) is 29.1 Å². The second-order valence-corrected chi connectivity index (χ2v) is 7.85. The lowest BCUT2D eigenvalue weighted by Crippen LogP contribution is -2.39. The highest BCUT2D eigenvalue weighted by Gasteiger charge is 2.48. The lowest BCUT2D eigenvalue weighted by Gasteiger charge is -2.40. The summed E-state index contributed by atoms with van der Waals surface area (Å²) in [6.07, 6.45) is 8.07. The molecule has 142 valence electrons. The molecule has 3 rings (SSSR count). The molecule has 6 atom stereocenters. The fraction of sp³-hybridized carbons (Fsp3) is 0.650. The molecule has 0 aromatic carbocycles. The van der Waals surface area contributed by atoms with Gasteiger partial charge in [0.15, 0.2) is 5.78 Å². The number of hydrogen-bond donors (Lipinski definition) is 3. The number of ketones is 1. The van der Waals surface area contributed by atoms with Crippen LogP contribution >= 0.6 is 0 Å². The summed E-state index contributed by atoms with van der Waals surface area (Å²) in [7, 11) is 0. The maximum atomic E-state index is 12.8. The standard InChI is InChI=1S/C20H27NO5/c1-3-10(2)16-18(23)15(19(24)21-16)17(22)14-12-7-5-4-6-11(12)8-9-13(14)20(25)26/h8-14,16,22H,3-7H2,1-2H3,(H,21,24)(H,25,26)/b17-15-/t10-,11-,12-,13+,14+,16-/m0/s1. The maximum absolute atomic E-state index is 12.8. The molecular formula is C20H27NO5. The van der Waals surface area contributed by atoms with Crippen molar-refractivity contribution in [3.05, 3.63) is 23.5 Å². The molecule has 0 radical (unpaired) electrons. The summed E-state index contributed by atoms with van der Waals surface area (Å²) < 4.78 is 0. The summed E-state index contributed by atoms with van der Waals surface area (Å²) in [5.74, 6) is -3.88. The second kappa shape index (κ2) is 7.25. The van der Waals surface area contributed by atoms with Crippen molar-refractivity contribution in [2.75, 3.05) is 0 Å². The van der Waals surface area contributed by atoms with Crippen LogP contribution in [0.15, 0.2) is 23.5 Å². The zero-order chi connectivity index (χ0) is 19.0. The summed E-state index contributed by atoms with van der Waals surface area (Å²) in [4.78, 5) is 37.0. The molecule has 3 N–H and O–H groups in total. The molecular weight excluding hydrogens is 334 g/mol. The number of hydrogen-bond acceptors (Lipinski definition) is 4. The highest BCUT2D eigenvalue weighted by molar-refractivity contribution is 6.27. The predicted molar refractivity (Wildman–Crippen MR) is 95.3 cm³/mol. The Kier molecular flexibility index (Phi) is 5.21. The molecule has 0 aromatic rings. The van der Waals surface area contributed by atoms with Gasteiger partial charge >= 0.3 is 5.97 Å². The predicted octanol–water partition coefficient (Wildman–Crippen LogP) is 2.61. The molecule has 0 bridgehead atoms. The molecule has 6 nitrogen and oxygen atoms in total. The lowest BCUT2D eigenvalue weighted by molar-refractivity contribution is -0.143. The number of aliphatic carboxylic acids is 1. The van der Waals surface area contributed by atoms with Crippen molar-refractivity contribution < 1.29 is 24.6 Å². The summed E-state index contributed by atoms with van der Waals surface area (Å²) in [5.41, 5.74) is -0.230. The normalized spacial score (nSPS) is 37.1. The zero-order valence-corrected chi connectivity index (χ0v) is 15.3. The van der Waals surface area contributed by atoms with Crippen LogP contribution in [0.2, 0.25) is 0 Å². The van der Waals surface area contributed by atoms with E-state index >= 15 is 0 Å². The van der Waals surface area contributed by atoms with Crippen LogP contribution in [0.5, 0.6) is 0 Å². The minimum atomic E-state index is -1.04. The van der Waals surface area contributed by atoms with E-state index in [1.54, 1.807) is 6.08 Å². The van der Waals surface area contributed by atoms with Gasteiger partial charge in [0.2, 0.25) is 0 Å². The van der Waals surface area contributed by atoms with Crippen molar-refractivity contribution in [2.24, 2.45) is 29.6 Å². The number of amides is 1. The molecule has 0 spiro atoms. The summed E-state index contributed by atoms with van der Waals surface area (Å²) in [6.45, 7) is 3.81. The first-order chi connectivity index (χ1) is 12.4. The van der Waals surface area contributed by atoms with Gasteiger partial charge in [-0.1, -0.05) is 45.3 Å². The monoisotopic (exact) mass is 361 g/mol. The fourth-order valence-electron chi connectivity index (χ4n) is 4.72. The number of carbonyl (C=O) groups is 3. The SMILES string of the molecule is CC[C@H](C)[C@@H]1NC(=O)/C(=C(\O)[C@@H]2[C@H]3CCCC[C@H]3C=C[C@H]2C(=O)O)C1=O. The molecule has 1 heterocycles. The van der Waals surface area contributed by atoms with Gasteiger partial charge in [-0.05, 0) is 30.6 Å². The van der Waals surface area contributed by atoms with E-state index in [2.05, 4.69) is 5.32 Å². The third-order valence-electron chi connectivity index (χ3n) is 6.40. The molecule has 1 saturated heterocycles. The summed E-state index contributed by atoms with van der Waals surface area (Å²) >= 11 is 0. The number of carboxylic acids is 1. The number of fused-ring (bicyclic) bond motifs is 1. The van der Waals surface area contributed by atoms with Crippen molar-refractivity contribution in [1.82, 2.24) is 5.32 Å². The minimum absolute atomic E-state index is 0.0410. The third kappa shape index (κ3) is 3.06. The second-order valence-electron chi connectivity index (χ2n) is 7.85.